The van der Waals surface area contributed by atoms with Crippen LogP contribution in [0, 0.1) is 17.0 Å². The van der Waals surface area contributed by atoms with E-state index in [0.29, 0.717) is 24.2 Å². The lowest BCUT2D eigenvalue weighted by atomic mass is 10.1. The van der Waals surface area contributed by atoms with Crippen molar-refractivity contribution in [1.29, 1.82) is 0 Å². The number of nitro groups is 1. The molecule has 0 N–H and O–H groups in total. The summed E-state index contributed by atoms with van der Waals surface area (Å²) < 4.78 is 0. The van der Waals surface area contributed by atoms with E-state index in [4.69, 9.17) is 0 Å². The molecule has 22 heavy (non-hydrogen) atoms. The van der Waals surface area contributed by atoms with Crippen LogP contribution in [0.25, 0.3) is 0 Å². The van der Waals surface area contributed by atoms with Gasteiger partial charge in [0, 0.05) is 42.7 Å². The second-order valence-corrected chi connectivity index (χ2v) is 4.93. The van der Waals surface area contributed by atoms with E-state index in [0.717, 1.165) is 5.56 Å². The molecule has 1 amide bonds. The highest BCUT2D eigenvalue weighted by molar-refractivity contribution is 5.95. The molecule has 6 heteroatoms. The van der Waals surface area contributed by atoms with Gasteiger partial charge in [0.05, 0.1) is 4.92 Å². The summed E-state index contributed by atoms with van der Waals surface area (Å²) in [5.41, 5.74) is 1.80. The van der Waals surface area contributed by atoms with Gasteiger partial charge in [0.15, 0.2) is 0 Å². The van der Waals surface area contributed by atoms with Crippen LogP contribution in [0.15, 0.2) is 42.7 Å². The fraction of sp³-hybridized carbons (Fsp3) is 0.250. The van der Waals surface area contributed by atoms with Crippen molar-refractivity contribution in [3.63, 3.8) is 0 Å². The first-order chi connectivity index (χ1) is 10.5. The second kappa shape index (κ2) is 6.80. The molecule has 0 atom stereocenters. The molecule has 0 unspecified atom stereocenters. The largest absolute Gasteiger partial charge is 0.335 e. The smallest absolute Gasteiger partial charge is 0.273 e. The highest BCUT2D eigenvalue weighted by Gasteiger charge is 2.19. The average molecular weight is 299 g/mol. The Balaban J connectivity index is 2.25. The van der Waals surface area contributed by atoms with E-state index >= 15 is 0 Å². The predicted octanol–water partition coefficient (Wildman–Crippen LogP) is 2.96. The molecule has 0 saturated carbocycles. The Morgan fingerprint density at radius 3 is 2.55 bits per heavy atom. The Hall–Kier alpha value is -2.76. The predicted molar refractivity (Wildman–Crippen MR) is 82.5 cm³/mol. The Labute approximate surface area is 128 Å². The molecule has 0 aliphatic carbocycles. The Bertz CT molecular complexity index is 686. The number of hydrogen-bond acceptors (Lipinski definition) is 4. The molecule has 0 aliphatic heterocycles. The van der Waals surface area contributed by atoms with Gasteiger partial charge in [-0.1, -0.05) is 6.07 Å². The first-order valence-corrected chi connectivity index (χ1v) is 6.96. The monoisotopic (exact) mass is 299 g/mol. The molecule has 1 heterocycles. The van der Waals surface area contributed by atoms with Crippen LogP contribution in [0.2, 0.25) is 0 Å². The van der Waals surface area contributed by atoms with E-state index in [2.05, 4.69) is 4.98 Å². The third-order valence-corrected chi connectivity index (χ3v) is 3.44. The van der Waals surface area contributed by atoms with E-state index in [-0.39, 0.29) is 11.6 Å². The molecule has 2 rings (SSSR count). The molecule has 0 spiro atoms. The maximum atomic E-state index is 12.6. The minimum atomic E-state index is -0.467. The standard InChI is InChI=1S/C16H17N3O3/c1-3-18(11-13-6-8-17-9-7-13)16(20)14-5-4-12(2)15(10-14)19(21)22/h4-10H,3,11H2,1-2H3. The van der Waals surface area contributed by atoms with E-state index in [1.54, 1.807) is 36.4 Å². The van der Waals surface area contributed by atoms with Crippen molar-refractivity contribution in [3.05, 3.63) is 69.5 Å². The van der Waals surface area contributed by atoms with Gasteiger partial charge in [-0.15, -0.1) is 0 Å². The minimum absolute atomic E-state index is 0.0363. The van der Waals surface area contributed by atoms with Gasteiger partial charge in [-0.3, -0.25) is 19.9 Å². The summed E-state index contributed by atoms with van der Waals surface area (Å²) in [6.45, 7) is 4.49. The van der Waals surface area contributed by atoms with Gasteiger partial charge in [-0.25, -0.2) is 0 Å². The highest BCUT2D eigenvalue weighted by Crippen LogP contribution is 2.20. The molecule has 2 aromatic rings. The van der Waals surface area contributed by atoms with Crippen LogP contribution in [0.1, 0.15) is 28.4 Å². The summed E-state index contributed by atoms with van der Waals surface area (Å²) >= 11 is 0. The normalized spacial score (nSPS) is 10.3. The van der Waals surface area contributed by atoms with Gasteiger partial charge in [-0.2, -0.15) is 0 Å². The topological polar surface area (TPSA) is 76.3 Å². The van der Waals surface area contributed by atoms with Crippen LogP contribution in [0.4, 0.5) is 5.69 Å². The number of pyridine rings is 1. The van der Waals surface area contributed by atoms with E-state index < -0.39 is 4.92 Å². The number of carbonyl (C=O) groups is 1. The summed E-state index contributed by atoms with van der Waals surface area (Å²) in [6.07, 6.45) is 3.34. The zero-order chi connectivity index (χ0) is 16.1. The SMILES string of the molecule is CCN(Cc1ccncc1)C(=O)c1ccc(C)c([N+](=O)[O-])c1. The third kappa shape index (κ3) is 3.46. The van der Waals surface area contributed by atoms with E-state index in [1.165, 1.54) is 6.07 Å². The first kappa shape index (κ1) is 15.6. The highest BCUT2D eigenvalue weighted by atomic mass is 16.6. The van der Waals surface area contributed by atoms with Gasteiger partial charge in [0.1, 0.15) is 0 Å². The number of hydrogen-bond donors (Lipinski definition) is 0. The number of carbonyl (C=O) groups excluding carboxylic acids is 1. The molecule has 0 bridgehead atoms. The molecular weight excluding hydrogens is 282 g/mol. The van der Waals surface area contributed by atoms with E-state index in [9.17, 15) is 14.9 Å². The fourth-order valence-corrected chi connectivity index (χ4v) is 2.16. The number of aromatic nitrogens is 1. The second-order valence-electron chi connectivity index (χ2n) is 4.93. The van der Waals surface area contributed by atoms with Gasteiger partial charge >= 0.3 is 0 Å². The van der Waals surface area contributed by atoms with Crippen molar-refractivity contribution in [2.24, 2.45) is 0 Å². The summed E-state index contributed by atoms with van der Waals surface area (Å²) in [6, 6.07) is 8.25. The van der Waals surface area contributed by atoms with Crippen molar-refractivity contribution >= 4 is 11.6 Å². The van der Waals surface area contributed by atoms with Crippen LogP contribution in [0.5, 0.6) is 0 Å². The van der Waals surface area contributed by atoms with Crippen LogP contribution < -0.4 is 0 Å². The van der Waals surface area contributed by atoms with Gasteiger partial charge in [-0.05, 0) is 37.6 Å². The average Bonchev–Trinajstić information content (AvgIpc) is 2.53. The van der Waals surface area contributed by atoms with Crippen LogP contribution >= 0.6 is 0 Å². The number of aryl methyl sites for hydroxylation is 1. The lowest BCUT2D eigenvalue weighted by Gasteiger charge is -2.21. The Morgan fingerprint density at radius 2 is 1.95 bits per heavy atom. The zero-order valence-corrected chi connectivity index (χ0v) is 12.5. The van der Waals surface area contributed by atoms with Gasteiger partial charge in [0.2, 0.25) is 0 Å². The van der Waals surface area contributed by atoms with Gasteiger partial charge in [0.25, 0.3) is 11.6 Å². The first-order valence-electron chi connectivity index (χ1n) is 6.96. The number of amides is 1. The van der Waals surface area contributed by atoms with Crippen LogP contribution in [0.3, 0.4) is 0 Å². The molecule has 1 aromatic heterocycles. The van der Waals surface area contributed by atoms with Crippen molar-refractivity contribution in [2.45, 2.75) is 20.4 Å². The van der Waals surface area contributed by atoms with Crippen molar-refractivity contribution < 1.29 is 9.72 Å². The van der Waals surface area contributed by atoms with Gasteiger partial charge < -0.3 is 4.90 Å². The van der Waals surface area contributed by atoms with Crippen molar-refractivity contribution in [3.8, 4) is 0 Å². The third-order valence-electron chi connectivity index (χ3n) is 3.44. The van der Waals surface area contributed by atoms with E-state index in [1.807, 2.05) is 19.1 Å². The lowest BCUT2D eigenvalue weighted by Crippen LogP contribution is -2.30. The number of nitro benzene ring substituents is 1. The number of rotatable bonds is 5. The zero-order valence-electron chi connectivity index (χ0n) is 12.5. The Kier molecular flexibility index (Phi) is 4.83. The molecule has 6 nitrogen and oxygen atoms in total. The summed E-state index contributed by atoms with van der Waals surface area (Å²) in [4.78, 5) is 28.7. The molecule has 0 radical (unpaired) electrons. The Morgan fingerprint density at radius 1 is 1.27 bits per heavy atom. The number of benzene rings is 1. The quantitative estimate of drug-likeness (QED) is 0.628. The maximum absolute atomic E-state index is 12.6. The minimum Gasteiger partial charge on any atom is -0.335 e. The van der Waals surface area contributed by atoms with Crippen LogP contribution in [-0.4, -0.2) is 27.3 Å². The molecule has 114 valence electrons. The molecule has 1 aromatic carbocycles. The van der Waals surface area contributed by atoms with Crippen LogP contribution in [-0.2, 0) is 6.54 Å². The maximum Gasteiger partial charge on any atom is 0.273 e. The summed E-state index contributed by atoms with van der Waals surface area (Å²) in [7, 11) is 0. The lowest BCUT2D eigenvalue weighted by molar-refractivity contribution is -0.385. The molecular formula is C16H17N3O3. The number of nitrogens with zero attached hydrogens (tertiary/aromatic N) is 3. The fourth-order valence-electron chi connectivity index (χ4n) is 2.16. The molecule has 0 fully saturated rings. The summed E-state index contributed by atoms with van der Waals surface area (Å²) in [5.74, 6) is -0.220. The molecule has 0 aliphatic rings. The molecule has 0 saturated heterocycles. The van der Waals surface area contributed by atoms with Crippen molar-refractivity contribution in [2.75, 3.05) is 6.54 Å². The summed E-state index contributed by atoms with van der Waals surface area (Å²) in [5, 5.41) is 11.0. The van der Waals surface area contributed by atoms with Crippen molar-refractivity contribution in [1.82, 2.24) is 9.88 Å².